The number of halogens is 2. The van der Waals surface area contributed by atoms with E-state index >= 15 is 0 Å². The lowest BCUT2D eigenvalue weighted by Crippen LogP contribution is -2.20. The van der Waals surface area contributed by atoms with E-state index in [-0.39, 0.29) is 12.5 Å². The van der Waals surface area contributed by atoms with Crippen molar-refractivity contribution in [3.63, 3.8) is 0 Å². The minimum absolute atomic E-state index is 0.0506. The molecule has 0 unspecified atom stereocenters. The summed E-state index contributed by atoms with van der Waals surface area (Å²) in [6.07, 6.45) is 1.10. The number of hydrogen-bond donors (Lipinski definition) is 1. The third kappa shape index (κ3) is 5.39. The predicted molar refractivity (Wildman–Crippen MR) is 103 cm³/mol. The Morgan fingerprint density at radius 3 is 2.57 bits per heavy atom. The second-order valence-corrected chi connectivity index (χ2v) is 6.99. The molecule has 0 aliphatic rings. The van der Waals surface area contributed by atoms with Gasteiger partial charge in [-0.3, -0.25) is 4.79 Å². The SMILES string of the molecule is CC[C@H](C)c1ccc(OCC(=O)Nc2ccc(I)cc2Cl)cc1. The number of carbonyl (C=O) groups excluding carboxylic acids is 1. The molecule has 0 aromatic heterocycles. The third-order valence-electron chi connectivity index (χ3n) is 3.64. The molecule has 0 bridgehead atoms. The van der Waals surface area contributed by atoms with Crippen molar-refractivity contribution in [1.82, 2.24) is 0 Å². The van der Waals surface area contributed by atoms with Gasteiger partial charge in [-0.05, 0) is 70.8 Å². The van der Waals surface area contributed by atoms with E-state index in [0.717, 1.165) is 9.99 Å². The van der Waals surface area contributed by atoms with Gasteiger partial charge in [0.25, 0.3) is 5.91 Å². The number of benzene rings is 2. The molecule has 3 nitrogen and oxygen atoms in total. The van der Waals surface area contributed by atoms with Gasteiger partial charge in [0.15, 0.2) is 6.61 Å². The zero-order valence-electron chi connectivity index (χ0n) is 13.1. The molecule has 0 saturated carbocycles. The Morgan fingerprint density at radius 2 is 1.96 bits per heavy atom. The molecule has 1 atom stereocenters. The van der Waals surface area contributed by atoms with Gasteiger partial charge in [-0.25, -0.2) is 0 Å². The van der Waals surface area contributed by atoms with Gasteiger partial charge in [-0.2, -0.15) is 0 Å². The molecular formula is C18H19ClINO2. The second kappa shape index (κ2) is 8.55. The first-order valence-corrected chi connectivity index (χ1v) is 8.93. The molecule has 2 aromatic carbocycles. The molecule has 1 amide bonds. The van der Waals surface area contributed by atoms with Gasteiger partial charge in [0.1, 0.15) is 5.75 Å². The monoisotopic (exact) mass is 443 g/mol. The fraction of sp³-hybridized carbons (Fsp3) is 0.278. The first-order valence-electron chi connectivity index (χ1n) is 7.47. The Balaban J connectivity index is 1.89. The Labute approximate surface area is 155 Å². The normalized spacial score (nSPS) is 11.8. The zero-order chi connectivity index (χ0) is 16.8. The molecular weight excluding hydrogens is 425 g/mol. The van der Waals surface area contributed by atoms with Crippen LogP contribution in [0.5, 0.6) is 5.75 Å². The number of rotatable bonds is 6. The number of amides is 1. The van der Waals surface area contributed by atoms with Crippen molar-refractivity contribution in [1.29, 1.82) is 0 Å². The highest BCUT2D eigenvalue weighted by atomic mass is 127. The number of ether oxygens (including phenoxy) is 1. The van der Waals surface area contributed by atoms with E-state index < -0.39 is 0 Å². The first kappa shape index (κ1) is 18.1. The Bertz CT molecular complexity index is 673. The van der Waals surface area contributed by atoms with Crippen molar-refractivity contribution >= 4 is 45.8 Å². The fourth-order valence-electron chi connectivity index (χ4n) is 2.05. The van der Waals surface area contributed by atoms with Crippen molar-refractivity contribution in [2.24, 2.45) is 0 Å². The molecule has 0 spiro atoms. The quantitative estimate of drug-likeness (QED) is 0.601. The molecule has 1 N–H and O–H groups in total. The highest BCUT2D eigenvalue weighted by molar-refractivity contribution is 14.1. The van der Waals surface area contributed by atoms with Gasteiger partial charge in [0.05, 0.1) is 10.7 Å². The molecule has 2 rings (SSSR count). The molecule has 5 heteroatoms. The van der Waals surface area contributed by atoms with Crippen LogP contribution in [0.4, 0.5) is 5.69 Å². The van der Waals surface area contributed by atoms with Crippen LogP contribution in [0.3, 0.4) is 0 Å². The lowest BCUT2D eigenvalue weighted by Gasteiger charge is -2.11. The number of nitrogens with one attached hydrogen (secondary N) is 1. The molecule has 2 aromatic rings. The topological polar surface area (TPSA) is 38.3 Å². The molecule has 0 aliphatic heterocycles. The van der Waals surface area contributed by atoms with Crippen LogP contribution in [0, 0.1) is 3.57 Å². The van der Waals surface area contributed by atoms with E-state index in [4.69, 9.17) is 16.3 Å². The smallest absolute Gasteiger partial charge is 0.262 e. The first-order chi connectivity index (χ1) is 11.0. The number of carbonyl (C=O) groups is 1. The van der Waals surface area contributed by atoms with Crippen LogP contribution in [-0.4, -0.2) is 12.5 Å². The van der Waals surface area contributed by atoms with Crippen LogP contribution in [0.25, 0.3) is 0 Å². The summed E-state index contributed by atoms with van der Waals surface area (Å²) >= 11 is 8.26. The fourth-order valence-corrected chi connectivity index (χ4v) is 2.96. The van der Waals surface area contributed by atoms with Gasteiger partial charge in [-0.15, -0.1) is 0 Å². The van der Waals surface area contributed by atoms with Gasteiger partial charge in [0.2, 0.25) is 0 Å². The maximum atomic E-state index is 11.9. The lowest BCUT2D eigenvalue weighted by atomic mass is 9.99. The molecule has 0 aliphatic carbocycles. The summed E-state index contributed by atoms with van der Waals surface area (Å²) in [6.45, 7) is 4.30. The molecule has 0 fully saturated rings. The Kier molecular flexibility index (Phi) is 6.72. The largest absolute Gasteiger partial charge is 0.484 e. The van der Waals surface area contributed by atoms with Gasteiger partial charge in [0, 0.05) is 3.57 Å². The number of hydrogen-bond acceptors (Lipinski definition) is 2. The highest BCUT2D eigenvalue weighted by Gasteiger charge is 2.08. The minimum atomic E-state index is -0.237. The van der Waals surface area contributed by atoms with E-state index in [1.807, 2.05) is 30.3 Å². The molecule has 122 valence electrons. The summed E-state index contributed by atoms with van der Waals surface area (Å²) in [5.74, 6) is 0.968. The van der Waals surface area contributed by atoms with Crippen LogP contribution >= 0.6 is 34.2 Å². The average molecular weight is 444 g/mol. The molecule has 0 saturated heterocycles. The summed E-state index contributed by atoms with van der Waals surface area (Å²) in [5.41, 5.74) is 1.86. The van der Waals surface area contributed by atoms with Crippen LogP contribution in [0.2, 0.25) is 5.02 Å². The van der Waals surface area contributed by atoms with Crippen molar-refractivity contribution < 1.29 is 9.53 Å². The van der Waals surface area contributed by atoms with Gasteiger partial charge < -0.3 is 10.1 Å². The van der Waals surface area contributed by atoms with E-state index in [9.17, 15) is 4.79 Å². The Morgan fingerprint density at radius 1 is 1.26 bits per heavy atom. The summed E-state index contributed by atoms with van der Waals surface area (Å²) in [5, 5.41) is 3.26. The van der Waals surface area contributed by atoms with Crippen LogP contribution in [-0.2, 0) is 4.79 Å². The molecule has 0 heterocycles. The predicted octanol–water partition coefficient (Wildman–Crippen LogP) is 5.48. The zero-order valence-corrected chi connectivity index (χ0v) is 16.0. The Hall–Kier alpha value is -1.27. The summed E-state index contributed by atoms with van der Waals surface area (Å²) < 4.78 is 6.53. The van der Waals surface area contributed by atoms with Crippen molar-refractivity contribution in [3.8, 4) is 5.75 Å². The van der Waals surface area contributed by atoms with Gasteiger partial charge in [-0.1, -0.05) is 37.6 Å². The maximum Gasteiger partial charge on any atom is 0.262 e. The highest BCUT2D eigenvalue weighted by Crippen LogP contribution is 2.24. The molecule has 0 radical (unpaired) electrons. The molecule has 23 heavy (non-hydrogen) atoms. The van der Waals surface area contributed by atoms with Crippen LogP contribution < -0.4 is 10.1 Å². The van der Waals surface area contributed by atoms with E-state index in [1.165, 1.54) is 5.56 Å². The van der Waals surface area contributed by atoms with Crippen molar-refractivity contribution in [2.75, 3.05) is 11.9 Å². The van der Waals surface area contributed by atoms with Gasteiger partial charge >= 0.3 is 0 Å². The standard InChI is InChI=1S/C18H19ClINO2/c1-3-12(2)13-4-7-15(8-5-13)23-11-18(22)21-17-9-6-14(20)10-16(17)19/h4-10,12H,3,11H2,1-2H3,(H,21,22)/t12-/m0/s1. The average Bonchev–Trinajstić information content (AvgIpc) is 2.55. The summed E-state index contributed by atoms with van der Waals surface area (Å²) in [6, 6.07) is 13.3. The number of anilines is 1. The maximum absolute atomic E-state index is 11.9. The summed E-state index contributed by atoms with van der Waals surface area (Å²) in [4.78, 5) is 11.9. The van der Waals surface area contributed by atoms with Crippen molar-refractivity contribution in [3.05, 3.63) is 56.6 Å². The third-order valence-corrected chi connectivity index (χ3v) is 4.62. The van der Waals surface area contributed by atoms with Crippen LogP contribution in [0.1, 0.15) is 31.7 Å². The van der Waals surface area contributed by atoms with E-state index in [1.54, 1.807) is 12.1 Å². The summed E-state index contributed by atoms with van der Waals surface area (Å²) in [7, 11) is 0. The minimum Gasteiger partial charge on any atom is -0.484 e. The second-order valence-electron chi connectivity index (χ2n) is 5.34. The van der Waals surface area contributed by atoms with Crippen molar-refractivity contribution in [2.45, 2.75) is 26.2 Å². The van der Waals surface area contributed by atoms with E-state index in [2.05, 4.69) is 41.8 Å². The lowest BCUT2D eigenvalue weighted by molar-refractivity contribution is -0.118. The van der Waals surface area contributed by atoms with E-state index in [0.29, 0.717) is 22.4 Å². The van der Waals surface area contributed by atoms with Crippen LogP contribution in [0.15, 0.2) is 42.5 Å².